The van der Waals surface area contributed by atoms with Crippen molar-refractivity contribution in [1.82, 2.24) is 14.5 Å². The summed E-state index contributed by atoms with van der Waals surface area (Å²) < 4.78 is 45.9. The molecule has 5 rings (SSSR count). The van der Waals surface area contributed by atoms with E-state index >= 15 is 0 Å². The molecular weight excluding hydrogens is 510 g/mol. The summed E-state index contributed by atoms with van der Waals surface area (Å²) in [5.74, 6) is -0.660. The second-order valence-corrected chi connectivity index (χ2v) is 8.16. The molecule has 0 saturated heterocycles. The number of nitrogens with zero attached hydrogens (tertiary/aromatic N) is 3. The summed E-state index contributed by atoms with van der Waals surface area (Å²) in [6.45, 7) is 0. The second kappa shape index (κ2) is 10.6. The number of carbonyl (C=O) groups is 1. The van der Waals surface area contributed by atoms with Crippen molar-refractivity contribution in [1.29, 1.82) is 0 Å². The van der Waals surface area contributed by atoms with E-state index in [9.17, 15) is 18.4 Å². The zero-order valence-corrected chi connectivity index (χ0v) is 20.6. The second-order valence-electron chi connectivity index (χ2n) is 8.16. The summed E-state index contributed by atoms with van der Waals surface area (Å²) in [7, 11) is 3.02. The average molecular weight is 530 g/mol. The van der Waals surface area contributed by atoms with Gasteiger partial charge in [0.25, 0.3) is 11.5 Å². The molecule has 2 heterocycles. The van der Waals surface area contributed by atoms with Gasteiger partial charge < -0.3 is 19.5 Å². The Morgan fingerprint density at radius 2 is 1.62 bits per heavy atom. The number of aromatic nitrogens is 3. The molecule has 5 aromatic rings. The molecule has 1 N–H and O–H groups in total. The maximum Gasteiger partial charge on any atom is 0.286 e. The van der Waals surface area contributed by atoms with E-state index in [1.165, 1.54) is 63.0 Å². The number of pyridine rings is 1. The van der Waals surface area contributed by atoms with Crippen LogP contribution < -0.4 is 25.1 Å². The van der Waals surface area contributed by atoms with E-state index in [0.717, 1.165) is 10.6 Å². The lowest BCUT2D eigenvalue weighted by atomic mass is 10.2. The highest BCUT2D eigenvalue weighted by Crippen LogP contribution is 2.37. The van der Waals surface area contributed by atoms with Gasteiger partial charge in [0.1, 0.15) is 23.1 Å². The van der Waals surface area contributed by atoms with E-state index < -0.39 is 28.8 Å². The fourth-order valence-electron chi connectivity index (χ4n) is 3.88. The van der Waals surface area contributed by atoms with Crippen molar-refractivity contribution in [2.45, 2.75) is 0 Å². The monoisotopic (exact) mass is 530 g/mol. The van der Waals surface area contributed by atoms with Crippen molar-refractivity contribution in [3.63, 3.8) is 0 Å². The summed E-state index contributed by atoms with van der Waals surface area (Å²) in [6.07, 6.45) is 4.13. The van der Waals surface area contributed by atoms with Gasteiger partial charge in [0, 0.05) is 41.8 Å². The van der Waals surface area contributed by atoms with E-state index in [-0.39, 0.29) is 11.4 Å². The van der Waals surface area contributed by atoms with Crippen LogP contribution >= 0.6 is 0 Å². The van der Waals surface area contributed by atoms with Crippen LogP contribution in [0.3, 0.4) is 0 Å². The number of benzene rings is 3. The zero-order valence-electron chi connectivity index (χ0n) is 20.6. The molecule has 0 aliphatic rings. The Morgan fingerprint density at radius 3 is 2.33 bits per heavy atom. The van der Waals surface area contributed by atoms with Crippen LogP contribution in [0.15, 0.2) is 84.0 Å². The van der Waals surface area contributed by atoms with E-state index in [1.807, 2.05) is 0 Å². The van der Waals surface area contributed by atoms with Crippen LogP contribution in [0.1, 0.15) is 10.5 Å². The van der Waals surface area contributed by atoms with Crippen LogP contribution in [0.4, 0.5) is 14.5 Å². The molecule has 9 nitrogen and oxygen atoms in total. The standard InChI is InChI=1S/C28H20F2N4O5/c1-37-24-14-19-22(15-25(24)38-2)31-10-9-23(19)39-18-7-8-21(20(30)13-18)33-27(35)26-28(36)34(12-11-32-26)17-5-3-16(29)4-6-17/h3-15H,1-2H3,(H,33,35). The Balaban J connectivity index is 1.38. The summed E-state index contributed by atoms with van der Waals surface area (Å²) in [5, 5.41) is 2.97. The number of halogens is 2. The Kier molecular flexibility index (Phi) is 6.87. The third-order valence-corrected chi connectivity index (χ3v) is 5.78. The molecule has 0 fully saturated rings. The topological polar surface area (TPSA) is 105 Å². The summed E-state index contributed by atoms with van der Waals surface area (Å²) in [6, 6.07) is 14.0. The highest BCUT2D eigenvalue weighted by Gasteiger charge is 2.18. The number of nitrogens with one attached hydrogen (secondary N) is 1. The number of carbonyl (C=O) groups excluding carboxylic acids is 1. The smallest absolute Gasteiger partial charge is 0.286 e. The molecule has 0 bridgehead atoms. The molecule has 0 aliphatic carbocycles. The van der Waals surface area contributed by atoms with Crippen LogP contribution in [-0.4, -0.2) is 34.7 Å². The lowest BCUT2D eigenvalue weighted by molar-refractivity contribution is 0.101. The summed E-state index contributed by atoms with van der Waals surface area (Å²) in [4.78, 5) is 33.8. The molecule has 0 saturated carbocycles. The number of anilines is 1. The number of rotatable bonds is 7. The van der Waals surface area contributed by atoms with E-state index in [4.69, 9.17) is 14.2 Å². The Morgan fingerprint density at radius 1 is 0.872 bits per heavy atom. The van der Waals surface area contributed by atoms with Gasteiger partial charge in [-0.3, -0.25) is 19.1 Å². The van der Waals surface area contributed by atoms with Gasteiger partial charge in [0.15, 0.2) is 17.2 Å². The van der Waals surface area contributed by atoms with E-state index in [0.29, 0.717) is 33.8 Å². The molecule has 1 amide bonds. The third-order valence-electron chi connectivity index (χ3n) is 5.78. The van der Waals surface area contributed by atoms with Gasteiger partial charge in [0.2, 0.25) is 0 Å². The van der Waals surface area contributed by atoms with Gasteiger partial charge in [-0.1, -0.05) is 0 Å². The first-order valence-electron chi connectivity index (χ1n) is 11.5. The average Bonchev–Trinajstić information content (AvgIpc) is 2.94. The Labute approximate surface area is 220 Å². The summed E-state index contributed by atoms with van der Waals surface area (Å²) in [5.41, 5.74) is -0.481. The minimum absolute atomic E-state index is 0.157. The quantitative estimate of drug-likeness (QED) is 0.311. The van der Waals surface area contributed by atoms with Gasteiger partial charge in [-0.2, -0.15) is 0 Å². The van der Waals surface area contributed by atoms with Gasteiger partial charge in [-0.25, -0.2) is 13.8 Å². The molecule has 3 aromatic carbocycles. The van der Waals surface area contributed by atoms with Crippen LogP contribution in [0.2, 0.25) is 0 Å². The number of hydrogen-bond acceptors (Lipinski definition) is 7. The van der Waals surface area contributed by atoms with Gasteiger partial charge in [0.05, 0.1) is 25.4 Å². The molecule has 11 heteroatoms. The number of fused-ring (bicyclic) bond motifs is 1. The van der Waals surface area contributed by atoms with E-state index in [2.05, 4.69) is 15.3 Å². The van der Waals surface area contributed by atoms with Crippen molar-refractivity contribution in [2.75, 3.05) is 19.5 Å². The Hall–Kier alpha value is -5.32. The predicted molar refractivity (Wildman–Crippen MR) is 139 cm³/mol. The SMILES string of the molecule is COc1cc2nccc(Oc3ccc(NC(=O)c4nccn(-c5ccc(F)cc5)c4=O)c(F)c3)c2cc1OC. The molecule has 39 heavy (non-hydrogen) atoms. The lowest BCUT2D eigenvalue weighted by Crippen LogP contribution is -2.29. The fourth-order valence-corrected chi connectivity index (χ4v) is 3.88. The van der Waals surface area contributed by atoms with Gasteiger partial charge in [-0.15, -0.1) is 0 Å². The lowest BCUT2D eigenvalue weighted by Gasteiger charge is -2.13. The fraction of sp³-hybridized carbons (Fsp3) is 0.0714. The number of amides is 1. The molecule has 0 radical (unpaired) electrons. The minimum atomic E-state index is -0.912. The predicted octanol–water partition coefficient (Wildman–Crippen LogP) is 5.12. The molecule has 0 atom stereocenters. The van der Waals surface area contributed by atoms with Crippen LogP contribution in [0.25, 0.3) is 16.6 Å². The van der Waals surface area contributed by atoms with Crippen LogP contribution in [0.5, 0.6) is 23.0 Å². The zero-order chi connectivity index (χ0) is 27.5. The normalized spacial score (nSPS) is 10.8. The third kappa shape index (κ3) is 5.10. The number of hydrogen-bond donors (Lipinski definition) is 1. The number of methoxy groups -OCH3 is 2. The summed E-state index contributed by atoms with van der Waals surface area (Å²) >= 11 is 0. The van der Waals surface area contributed by atoms with Crippen molar-refractivity contribution >= 4 is 22.5 Å². The maximum atomic E-state index is 15.0. The minimum Gasteiger partial charge on any atom is -0.493 e. The van der Waals surface area contributed by atoms with Crippen LogP contribution in [-0.2, 0) is 0 Å². The van der Waals surface area contributed by atoms with Crippen molar-refractivity contribution in [3.05, 3.63) is 107 Å². The molecule has 196 valence electrons. The van der Waals surface area contributed by atoms with Gasteiger partial charge >= 0.3 is 0 Å². The van der Waals surface area contributed by atoms with Crippen molar-refractivity contribution in [3.8, 4) is 28.7 Å². The van der Waals surface area contributed by atoms with Gasteiger partial charge in [-0.05, 0) is 48.5 Å². The Bertz CT molecular complexity index is 1760. The largest absolute Gasteiger partial charge is 0.493 e. The van der Waals surface area contributed by atoms with E-state index in [1.54, 1.807) is 24.4 Å². The molecule has 0 aliphatic heterocycles. The first-order valence-corrected chi connectivity index (χ1v) is 11.5. The first kappa shape index (κ1) is 25.3. The molecular formula is C28H20F2N4O5. The molecule has 0 spiro atoms. The van der Waals surface area contributed by atoms with Crippen molar-refractivity contribution < 1.29 is 27.8 Å². The molecule has 0 unspecified atom stereocenters. The number of ether oxygens (including phenoxy) is 3. The first-order chi connectivity index (χ1) is 18.9. The maximum absolute atomic E-state index is 15.0. The molecule has 2 aromatic heterocycles. The highest BCUT2D eigenvalue weighted by atomic mass is 19.1. The van der Waals surface area contributed by atoms with Crippen LogP contribution in [0, 0.1) is 11.6 Å². The van der Waals surface area contributed by atoms with Crippen molar-refractivity contribution in [2.24, 2.45) is 0 Å². The highest BCUT2D eigenvalue weighted by molar-refractivity contribution is 6.02.